The Morgan fingerprint density at radius 1 is 0.588 bits per heavy atom. The molecule has 0 aliphatic rings. The minimum Gasteiger partial charge on any atom is -0.487 e. The minimum atomic E-state index is -4.47. The highest BCUT2D eigenvalue weighted by Gasteiger charge is 2.32. The van der Waals surface area contributed by atoms with Crippen molar-refractivity contribution in [2.45, 2.75) is 32.1 Å². The molecule has 0 unspecified atom stereocenters. The summed E-state index contributed by atoms with van der Waals surface area (Å²) in [4.78, 5) is 23.2. The Morgan fingerprint density at radius 3 is 1.49 bits per heavy atom. The Balaban J connectivity index is 0.000000238. The first-order valence-electron chi connectivity index (χ1n) is 14.8. The van der Waals surface area contributed by atoms with E-state index in [1.54, 1.807) is 36.4 Å². The average Bonchev–Trinajstić information content (AvgIpc) is 3.09. The molecule has 1 amide bonds. The fourth-order valence-electron chi connectivity index (χ4n) is 4.39. The van der Waals surface area contributed by atoms with Crippen LogP contribution in [-0.2, 0) is 32.1 Å². The van der Waals surface area contributed by atoms with Crippen LogP contribution in [0.4, 0.5) is 26.3 Å². The monoisotopic (exact) mass is 749 g/mol. The lowest BCUT2D eigenvalue weighted by molar-refractivity contribution is -0.138. The molecule has 0 saturated heterocycles. The first-order chi connectivity index (χ1) is 24.1. The first kappa shape index (κ1) is 38.6. The van der Waals surface area contributed by atoms with Crippen molar-refractivity contribution in [2.75, 3.05) is 0 Å². The van der Waals surface area contributed by atoms with Crippen LogP contribution in [0, 0.1) is 0 Å². The predicted octanol–water partition coefficient (Wildman–Crippen LogP) is 10.5. The molecule has 0 aliphatic carbocycles. The van der Waals surface area contributed by atoms with Crippen LogP contribution < -0.4 is 14.8 Å². The second kappa shape index (κ2) is 17.1. The molecule has 0 saturated carbocycles. The van der Waals surface area contributed by atoms with Crippen LogP contribution in [0.1, 0.15) is 48.5 Å². The van der Waals surface area contributed by atoms with Crippen molar-refractivity contribution in [1.82, 2.24) is 5.32 Å². The van der Waals surface area contributed by atoms with Gasteiger partial charge in [0, 0.05) is 12.1 Å². The van der Waals surface area contributed by atoms with E-state index in [0.29, 0.717) is 23.2 Å². The molecule has 5 rings (SSSR count). The topological polar surface area (TPSA) is 84.9 Å². The van der Waals surface area contributed by atoms with Gasteiger partial charge in [0.1, 0.15) is 24.7 Å². The van der Waals surface area contributed by atoms with Crippen LogP contribution in [-0.4, -0.2) is 17.0 Å². The van der Waals surface area contributed by atoms with Gasteiger partial charge in [0.2, 0.25) is 0 Å². The zero-order valence-corrected chi connectivity index (χ0v) is 27.7. The number of aromatic carboxylic acids is 1. The molecule has 0 aromatic heterocycles. The summed E-state index contributed by atoms with van der Waals surface area (Å²) in [5, 5.41) is 11.4. The third-order valence-electron chi connectivity index (χ3n) is 6.97. The van der Waals surface area contributed by atoms with E-state index >= 15 is 0 Å². The quantitative estimate of drug-likeness (QED) is 0.139. The van der Waals surface area contributed by atoms with E-state index in [-0.39, 0.29) is 46.2 Å². The van der Waals surface area contributed by atoms with Crippen LogP contribution in [0.25, 0.3) is 0 Å². The number of ether oxygens (including phenoxy) is 2. The van der Waals surface area contributed by atoms with Gasteiger partial charge in [-0.2, -0.15) is 26.3 Å². The Kier molecular flexibility index (Phi) is 13.0. The number of halogens is 8. The standard InChI is InChI=1S/C22H17ClF3NO2.C15H10ClF3O3/c23-19-12-18(22(24,25)26)9-10-20(19)29-14-16-7-4-8-17(11-16)21(28)27-13-15-5-2-1-3-6-15;16-12-7-11(15(17,18)19)4-5-13(12)22-8-9-2-1-3-10(6-9)14(20)21/h1-12H,13-14H2,(H,27,28);1-7H,8H2,(H,20,21). The molecule has 5 aromatic rings. The normalized spacial score (nSPS) is 11.2. The van der Waals surface area contributed by atoms with Crippen molar-refractivity contribution < 1.29 is 50.5 Å². The lowest BCUT2D eigenvalue weighted by Crippen LogP contribution is -2.22. The van der Waals surface area contributed by atoms with E-state index in [4.69, 9.17) is 37.8 Å². The van der Waals surface area contributed by atoms with E-state index in [2.05, 4.69) is 5.32 Å². The Labute approximate surface area is 298 Å². The van der Waals surface area contributed by atoms with Crippen molar-refractivity contribution in [1.29, 1.82) is 0 Å². The first-order valence-corrected chi connectivity index (χ1v) is 15.6. The third-order valence-corrected chi connectivity index (χ3v) is 7.56. The Bertz CT molecular complexity index is 1970. The van der Waals surface area contributed by atoms with Gasteiger partial charge in [0.05, 0.1) is 26.7 Å². The Hall–Kier alpha value is -5.20. The van der Waals surface area contributed by atoms with E-state index < -0.39 is 29.4 Å². The fourth-order valence-corrected chi connectivity index (χ4v) is 4.86. The molecule has 0 spiro atoms. The van der Waals surface area contributed by atoms with E-state index in [0.717, 1.165) is 35.9 Å². The van der Waals surface area contributed by atoms with Crippen LogP contribution in [0.2, 0.25) is 10.0 Å². The van der Waals surface area contributed by atoms with Gasteiger partial charge in [-0.05, 0) is 77.4 Å². The lowest BCUT2D eigenvalue weighted by Gasteiger charge is -2.12. The molecule has 0 radical (unpaired) electrons. The maximum atomic E-state index is 12.7. The van der Waals surface area contributed by atoms with Gasteiger partial charge < -0.3 is 19.9 Å². The van der Waals surface area contributed by atoms with E-state index in [1.165, 1.54) is 18.2 Å². The molecule has 0 heterocycles. The number of carbonyl (C=O) groups excluding carboxylic acids is 1. The summed E-state index contributed by atoms with van der Waals surface area (Å²) in [5.74, 6) is -1.08. The molecule has 5 aromatic carbocycles. The van der Waals surface area contributed by atoms with Gasteiger partial charge in [-0.15, -0.1) is 0 Å². The molecule has 266 valence electrons. The molecule has 0 aliphatic heterocycles. The van der Waals surface area contributed by atoms with Crippen molar-refractivity contribution >= 4 is 35.1 Å². The van der Waals surface area contributed by atoms with Gasteiger partial charge in [-0.1, -0.05) is 77.8 Å². The van der Waals surface area contributed by atoms with E-state index in [1.807, 2.05) is 30.3 Å². The lowest BCUT2D eigenvalue weighted by atomic mass is 10.1. The molecule has 14 heteroatoms. The largest absolute Gasteiger partial charge is 0.487 e. The van der Waals surface area contributed by atoms with Gasteiger partial charge in [0.15, 0.2) is 0 Å². The molecule has 0 atom stereocenters. The number of carbonyl (C=O) groups is 2. The van der Waals surface area contributed by atoms with Gasteiger partial charge in [-0.3, -0.25) is 4.79 Å². The van der Waals surface area contributed by atoms with Gasteiger partial charge >= 0.3 is 18.3 Å². The fraction of sp³-hybridized carbons (Fsp3) is 0.135. The summed E-state index contributed by atoms with van der Waals surface area (Å²) in [6.45, 7) is 0.457. The third kappa shape index (κ3) is 11.7. The number of hydrogen-bond acceptors (Lipinski definition) is 4. The van der Waals surface area contributed by atoms with Gasteiger partial charge in [-0.25, -0.2) is 4.79 Å². The summed E-state index contributed by atoms with van der Waals surface area (Å²) in [7, 11) is 0. The number of hydrogen-bond donors (Lipinski definition) is 2. The van der Waals surface area contributed by atoms with Gasteiger partial charge in [0.25, 0.3) is 5.91 Å². The smallest absolute Gasteiger partial charge is 0.416 e. The number of nitrogens with one attached hydrogen (secondary N) is 1. The molecule has 0 fully saturated rings. The highest BCUT2D eigenvalue weighted by molar-refractivity contribution is 6.32. The number of benzene rings is 5. The van der Waals surface area contributed by atoms with Crippen molar-refractivity contribution in [3.8, 4) is 11.5 Å². The van der Waals surface area contributed by atoms with Crippen LogP contribution in [0.15, 0.2) is 115 Å². The van der Waals surface area contributed by atoms with Crippen LogP contribution in [0.3, 0.4) is 0 Å². The van der Waals surface area contributed by atoms with Crippen molar-refractivity contribution in [3.05, 3.63) is 164 Å². The summed E-state index contributed by atoms with van der Waals surface area (Å²) in [5.41, 5.74) is 1.09. The second-order valence-corrected chi connectivity index (χ2v) is 11.6. The van der Waals surface area contributed by atoms with Crippen molar-refractivity contribution in [2.24, 2.45) is 0 Å². The van der Waals surface area contributed by atoms with Crippen LogP contribution >= 0.6 is 23.2 Å². The van der Waals surface area contributed by atoms with Crippen molar-refractivity contribution in [3.63, 3.8) is 0 Å². The SMILES string of the molecule is O=C(NCc1ccccc1)c1cccc(COc2ccc(C(F)(F)F)cc2Cl)c1.O=C(O)c1cccc(COc2ccc(C(F)(F)F)cc2Cl)c1. The predicted molar refractivity (Wildman–Crippen MR) is 179 cm³/mol. The summed E-state index contributed by atoms with van der Waals surface area (Å²) < 4.78 is 86.5. The molecular formula is C37H27Cl2F6NO5. The Morgan fingerprint density at radius 2 is 1.04 bits per heavy atom. The zero-order valence-electron chi connectivity index (χ0n) is 26.2. The highest BCUT2D eigenvalue weighted by atomic mass is 35.5. The second-order valence-electron chi connectivity index (χ2n) is 10.7. The summed E-state index contributed by atoms with van der Waals surface area (Å²) in [6.07, 6.45) is -8.94. The number of carboxylic acids is 1. The summed E-state index contributed by atoms with van der Waals surface area (Å²) >= 11 is 11.7. The highest BCUT2D eigenvalue weighted by Crippen LogP contribution is 2.36. The molecule has 0 bridgehead atoms. The van der Waals surface area contributed by atoms with E-state index in [9.17, 15) is 35.9 Å². The number of rotatable bonds is 10. The number of carboxylic acid groups (broad SMARTS) is 1. The average molecular weight is 751 g/mol. The van der Waals surface area contributed by atoms with Crippen LogP contribution in [0.5, 0.6) is 11.5 Å². The number of alkyl halides is 6. The summed E-state index contributed by atoms with van der Waals surface area (Å²) in [6, 6.07) is 28.1. The maximum Gasteiger partial charge on any atom is 0.416 e. The molecule has 2 N–H and O–H groups in total. The zero-order chi connectivity index (χ0) is 37.2. The number of amides is 1. The minimum absolute atomic E-state index is 0.00773. The molecule has 51 heavy (non-hydrogen) atoms. The maximum absolute atomic E-state index is 12.7. The molecular weight excluding hydrogens is 723 g/mol. The molecule has 6 nitrogen and oxygen atoms in total.